The molecule has 2 fully saturated rings. The van der Waals surface area contributed by atoms with Crippen LogP contribution in [0.5, 0.6) is 0 Å². The van der Waals surface area contributed by atoms with Crippen LogP contribution in [-0.4, -0.2) is 70.9 Å². The Balaban J connectivity index is 0.00000261. The van der Waals surface area contributed by atoms with E-state index in [-0.39, 0.29) is 29.5 Å². The number of halogens is 1. The van der Waals surface area contributed by atoms with Crippen molar-refractivity contribution in [2.75, 3.05) is 44.7 Å². The van der Waals surface area contributed by atoms with Gasteiger partial charge in [0.25, 0.3) is 5.56 Å². The number of guanidine groups is 1. The second-order valence-electron chi connectivity index (χ2n) is 7.33. The van der Waals surface area contributed by atoms with Crippen LogP contribution < -0.4 is 15.8 Å². The Bertz CT molecular complexity index is 693. The van der Waals surface area contributed by atoms with E-state index in [1.807, 2.05) is 4.90 Å². The number of nitrogens with one attached hydrogen (secondary N) is 1. The van der Waals surface area contributed by atoms with Crippen molar-refractivity contribution < 1.29 is 5.11 Å². The van der Waals surface area contributed by atoms with Crippen LogP contribution in [0.4, 0.5) is 5.82 Å². The Hall–Kier alpha value is -1.36. The first-order chi connectivity index (χ1) is 12.5. The van der Waals surface area contributed by atoms with Gasteiger partial charge in [0, 0.05) is 59.2 Å². The summed E-state index contributed by atoms with van der Waals surface area (Å²) < 4.78 is 1.56. The maximum absolute atomic E-state index is 12.2. The van der Waals surface area contributed by atoms with Crippen molar-refractivity contribution >= 4 is 35.8 Å². The quantitative estimate of drug-likeness (QED) is 0.371. The molecule has 1 saturated carbocycles. The van der Waals surface area contributed by atoms with Crippen molar-refractivity contribution in [2.45, 2.75) is 37.7 Å². The zero-order valence-corrected chi connectivity index (χ0v) is 18.6. The van der Waals surface area contributed by atoms with Gasteiger partial charge < -0.3 is 24.8 Å². The topological polar surface area (TPSA) is 86.0 Å². The molecule has 27 heavy (non-hydrogen) atoms. The van der Waals surface area contributed by atoms with E-state index >= 15 is 0 Å². The number of aliphatic imine (C=N–C) groups is 1. The lowest BCUT2D eigenvalue weighted by Gasteiger charge is -2.38. The molecule has 0 amide bonds. The van der Waals surface area contributed by atoms with Gasteiger partial charge in [-0.1, -0.05) is 19.3 Å². The molecule has 1 aliphatic carbocycles. The van der Waals surface area contributed by atoms with Crippen LogP contribution >= 0.6 is 24.0 Å². The molecule has 3 rings (SSSR count). The van der Waals surface area contributed by atoms with E-state index in [4.69, 9.17) is 0 Å². The van der Waals surface area contributed by atoms with Gasteiger partial charge in [0.05, 0.1) is 5.60 Å². The van der Waals surface area contributed by atoms with Gasteiger partial charge in [-0.3, -0.25) is 9.79 Å². The summed E-state index contributed by atoms with van der Waals surface area (Å²) in [6.45, 7) is 3.50. The normalized spacial score (nSPS) is 20.2. The lowest BCUT2D eigenvalue weighted by atomic mass is 9.85. The third kappa shape index (κ3) is 5.34. The number of aliphatic hydroxyl groups is 1. The van der Waals surface area contributed by atoms with Crippen molar-refractivity contribution in [3.05, 3.63) is 22.7 Å². The van der Waals surface area contributed by atoms with E-state index in [0.717, 1.165) is 57.8 Å². The summed E-state index contributed by atoms with van der Waals surface area (Å²) in [6, 6.07) is 0. The van der Waals surface area contributed by atoms with Gasteiger partial charge in [0.15, 0.2) is 11.8 Å². The Labute approximate surface area is 177 Å². The summed E-state index contributed by atoms with van der Waals surface area (Å²) in [7, 11) is 3.51. The molecule has 1 aromatic heterocycles. The summed E-state index contributed by atoms with van der Waals surface area (Å²) >= 11 is 0. The maximum Gasteiger partial charge on any atom is 0.293 e. The van der Waals surface area contributed by atoms with Gasteiger partial charge in [-0.15, -0.1) is 24.0 Å². The van der Waals surface area contributed by atoms with Crippen molar-refractivity contribution in [3.63, 3.8) is 0 Å². The number of hydrogen-bond donors (Lipinski definition) is 2. The van der Waals surface area contributed by atoms with Gasteiger partial charge in [-0.2, -0.15) is 0 Å². The number of piperazine rings is 1. The molecule has 2 heterocycles. The minimum atomic E-state index is -0.615. The molecule has 0 spiro atoms. The fourth-order valence-corrected chi connectivity index (χ4v) is 3.79. The molecule has 0 radical (unpaired) electrons. The van der Waals surface area contributed by atoms with E-state index in [2.05, 4.69) is 20.2 Å². The van der Waals surface area contributed by atoms with Crippen molar-refractivity contribution in [1.82, 2.24) is 19.8 Å². The Morgan fingerprint density at radius 2 is 1.93 bits per heavy atom. The predicted molar refractivity (Wildman–Crippen MR) is 118 cm³/mol. The van der Waals surface area contributed by atoms with Crippen LogP contribution in [0.25, 0.3) is 0 Å². The van der Waals surface area contributed by atoms with E-state index in [1.165, 1.54) is 6.42 Å². The van der Waals surface area contributed by atoms with Crippen LogP contribution in [0.3, 0.4) is 0 Å². The molecule has 9 heteroatoms. The smallest absolute Gasteiger partial charge is 0.293 e. The van der Waals surface area contributed by atoms with Crippen molar-refractivity contribution in [3.8, 4) is 0 Å². The SMILES string of the molecule is CN=C(NCC1(O)CCCCC1)N1CCN(c2nccn(C)c2=O)CC1.I. The van der Waals surface area contributed by atoms with E-state index in [9.17, 15) is 9.90 Å². The third-order valence-electron chi connectivity index (χ3n) is 5.45. The molecule has 152 valence electrons. The fourth-order valence-electron chi connectivity index (χ4n) is 3.79. The largest absolute Gasteiger partial charge is 0.388 e. The average Bonchev–Trinajstić information content (AvgIpc) is 2.66. The van der Waals surface area contributed by atoms with Gasteiger partial charge in [0.2, 0.25) is 0 Å². The van der Waals surface area contributed by atoms with Crippen molar-refractivity contribution in [1.29, 1.82) is 0 Å². The summed E-state index contributed by atoms with van der Waals surface area (Å²) in [5.41, 5.74) is -0.682. The number of aromatic nitrogens is 2. The lowest BCUT2D eigenvalue weighted by Crippen LogP contribution is -2.55. The van der Waals surface area contributed by atoms with Crippen LogP contribution in [0.2, 0.25) is 0 Å². The Kier molecular flexibility index (Phi) is 7.90. The fraction of sp³-hybridized carbons (Fsp3) is 0.722. The second kappa shape index (κ2) is 9.72. The highest BCUT2D eigenvalue weighted by Crippen LogP contribution is 2.27. The number of rotatable bonds is 3. The summed E-state index contributed by atoms with van der Waals surface area (Å²) in [5, 5.41) is 14.0. The predicted octanol–water partition coefficient (Wildman–Crippen LogP) is 0.791. The molecule has 0 unspecified atom stereocenters. The van der Waals surface area contributed by atoms with E-state index in [0.29, 0.717) is 12.4 Å². The van der Waals surface area contributed by atoms with Crippen LogP contribution in [0.1, 0.15) is 32.1 Å². The third-order valence-corrected chi connectivity index (χ3v) is 5.45. The zero-order chi connectivity index (χ0) is 18.6. The van der Waals surface area contributed by atoms with E-state index in [1.54, 1.807) is 31.1 Å². The molecule has 1 saturated heterocycles. The molecule has 1 aromatic rings. The molecule has 8 nitrogen and oxygen atoms in total. The molecule has 0 bridgehead atoms. The van der Waals surface area contributed by atoms with Gasteiger partial charge >= 0.3 is 0 Å². The van der Waals surface area contributed by atoms with Crippen LogP contribution in [0.15, 0.2) is 22.2 Å². The molecular weight excluding hydrogens is 459 g/mol. The molecule has 0 aromatic carbocycles. The monoisotopic (exact) mass is 490 g/mol. The minimum Gasteiger partial charge on any atom is -0.388 e. The molecule has 0 atom stereocenters. The van der Waals surface area contributed by atoms with Crippen LogP contribution in [0, 0.1) is 0 Å². The molecular formula is C18H31IN6O2. The second-order valence-corrected chi connectivity index (χ2v) is 7.33. The first-order valence-electron chi connectivity index (χ1n) is 9.47. The summed E-state index contributed by atoms with van der Waals surface area (Å²) in [6.07, 6.45) is 8.44. The highest BCUT2D eigenvalue weighted by atomic mass is 127. The average molecular weight is 490 g/mol. The number of hydrogen-bond acceptors (Lipinski definition) is 5. The van der Waals surface area contributed by atoms with Gasteiger partial charge in [0.1, 0.15) is 0 Å². The van der Waals surface area contributed by atoms with Crippen LogP contribution in [-0.2, 0) is 7.05 Å². The Morgan fingerprint density at radius 1 is 1.26 bits per heavy atom. The molecule has 1 aliphatic heterocycles. The Morgan fingerprint density at radius 3 is 2.56 bits per heavy atom. The molecule has 2 aliphatic rings. The number of nitrogens with zero attached hydrogens (tertiary/aromatic N) is 5. The highest BCUT2D eigenvalue weighted by Gasteiger charge is 2.30. The maximum atomic E-state index is 12.2. The number of aryl methyl sites for hydroxylation is 1. The van der Waals surface area contributed by atoms with Gasteiger partial charge in [-0.05, 0) is 12.8 Å². The van der Waals surface area contributed by atoms with Gasteiger partial charge in [-0.25, -0.2) is 4.98 Å². The first kappa shape index (κ1) is 21.9. The lowest BCUT2D eigenvalue weighted by molar-refractivity contribution is 0.00810. The first-order valence-corrected chi connectivity index (χ1v) is 9.47. The molecule has 2 N–H and O–H groups in total. The highest BCUT2D eigenvalue weighted by molar-refractivity contribution is 14.0. The summed E-state index contributed by atoms with van der Waals surface area (Å²) in [4.78, 5) is 25.1. The summed E-state index contributed by atoms with van der Waals surface area (Å²) in [5.74, 6) is 1.33. The minimum absolute atomic E-state index is 0. The van der Waals surface area contributed by atoms with Crippen molar-refractivity contribution in [2.24, 2.45) is 12.0 Å². The van der Waals surface area contributed by atoms with E-state index < -0.39 is 5.60 Å². The zero-order valence-electron chi connectivity index (χ0n) is 16.2. The standard InChI is InChI=1S/C18H30N6O2.HI/c1-19-17(21-14-18(26)6-4-3-5-7-18)24-12-10-23(11-13-24)15-16(25)22(2)9-8-20-15;/h8-9,26H,3-7,10-14H2,1-2H3,(H,19,21);1H. The number of anilines is 1.